The lowest BCUT2D eigenvalue weighted by Crippen LogP contribution is -2.38. The average Bonchev–Trinajstić information content (AvgIpc) is 3.04. The molecule has 0 saturated carbocycles. The Morgan fingerprint density at radius 3 is 2.39 bits per heavy atom. The summed E-state index contributed by atoms with van der Waals surface area (Å²) in [7, 11) is 0. The second-order valence-corrected chi connectivity index (χ2v) is 6.43. The minimum atomic E-state index is -0.775. The molecule has 0 aromatic heterocycles. The smallest absolute Gasteiger partial charge is 0.0929 e. The van der Waals surface area contributed by atoms with Crippen molar-refractivity contribution in [2.75, 3.05) is 6.61 Å². The van der Waals surface area contributed by atoms with Crippen molar-refractivity contribution >= 4 is 0 Å². The molecule has 1 rings (SSSR count). The van der Waals surface area contributed by atoms with Crippen LogP contribution in [-0.2, 0) is 0 Å². The highest BCUT2D eigenvalue weighted by atomic mass is 16.3. The molecule has 0 heterocycles. The lowest BCUT2D eigenvalue weighted by molar-refractivity contribution is 0.134. The first-order valence-corrected chi connectivity index (χ1v) is 9.12. The van der Waals surface area contributed by atoms with Crippen molar-refractivity contribution in [2.24, 2.45) is 5.73 Å². The SMILES string of the molecule is CCCCCCCCCCC#CC1=CC=C([C@@H](O)[C@@H](N)CO)C1. The highest BCUT2D eigenvalue weighted by Crippen LogP contribution is 2.22. The Bertz CT molecular complexity index is 442. The van der Waals surface area contributed by atoms with Crippen LogP contribution in [0.15, 0.2) is 23.3 Å². The van der Waals surface area contributed by atoms with Crippen LogP contribution in [0.1, 0.15) is 71.1 Å². The molecule has 0 unspecified atom stereocenters. The fourth-order valence-corrected chi connectivity index (χ4v) is 2.73. The van der Waals surface area contributed by atoms with Crippen LogP contribution in [-0.4, -0.2) is 29.0 Å². The van der Waals surface area contributed by atoms with E-state index in [1.54, 1.807) is 0 Å². The third-order valence-electron chi connectivity index (χ3n) is 4.29. The summed E-state index contributed by atoms with van der Waals surface area (Å²) in [5.41, 5.74) is 7.53. The molecule has 3 heteroatoms. The van der Waals surface area contributed by atoms with E-state index in [2.05, 4.69) is 18.8 Å². The Kier molecular flexibility index (Phi) is 10.7. The van der Waals surface area contributed by atoms with E-state index >= 15 is 0 Å². The number of hydrogen-bond donors (Lipinski definition) is 3. The second kappa shape index (κ2) is 12.4. The van der Waals surface area contributed by atoms with Gasteiger partial charge in [-0.1, -0.05) is 75.9 Å². The van der Waals surface area contributed by atoms with Gasteiger partial charge in [-0.15, -0.1) is 0 Å². The number of nitrogens with two attached hydrogens (primary N) is 1. The first-order chi connectivity index (χ1) is 11.2. The van der Waals surface area contributed by atoms with Crippen LogP contribution in [0.25, 0.3) is 0 Å². The summed E-state index contributed by atoms with van der Waals surface area (Å²) in [6.07, 6.45) is 15.2. The number of unbranched alkanes of at least 4 members (excludes halogenated alkanes) is 8. The largest absolute Gasteiger partial charge is 0.395 e. The zero-order valence-electron chi connectivity index (χ0n) is 14.6. The van der Waals surface area contributed by atoms with Gasteiger partial charge < -0.3 is 15.9 Å². The van der Waals surface area contributed by atoms with Crippen molar-refractivity contribution < 1.29 is 10.2 Å². The van der Waals surface area contributed by atoms with Crippen LogP contribution in [0.3, 0.4) is 0 Å². The van der Waals surface area contributed by atoms with Gasteiger partial charge in [-0.2, -0.15) is 0 Å². The van der Waals surface area contributed by atoms with Gasteiger partial charge in [-0.25, -0.2) is 0 Å². The Balaban J connectivity index is 2.08. The molecule has 2 atom stereocenters. The maximum atomic E-state index is 9.95. The van der Waals surface area contributed by atoms with Crippen LogP contribution in [0, 0.1) is 11.8 Å². The Morgan fingerprint density at radius 1 is 1.09 bits per heavy atom. The highest BCUT2D eigenvalue weighted by Gasteiger charge is 2.20. The monoisotopic (exact) mass is 319 g/mol. The molecule has 0 aliphatic heterocycles. The maximum Gasteiger partial charge on any atom is 0.0929 e. The van der Waals surface area contributed by atoms with Gasteiger partial charge in [0, 0.05) is 18.4 Å². The van der Waals surface area contributed by atoms with E-state index in [0.29, 0.717) is 6.42 Å². The average molecular weight is 319 g/mol. The van der Waals surface area contributed by atoms with Crippen LogP contribution < -0.4 is 5.73 Å². The summed E-state index contributed by atoms with van der Waals surface area (Å²) in [6, 6.07) is -0.612. The van der Waals surface area contributed by atoms with Crippen molar-refractivity contribution in [2.45, 2.75) is 83.3 Å². The summed E-state index contributed by atoms with van der Waals surface area (Å²) >= 11 is 0. The van der Waals surface area contributed by atoms with Crippen molar-refractivity contribution in [1.29, 1.82) is 0 Å². The number of allylic oxidation sites excluding steroid dienone is 3. The quantitative estimate of drug-likeness (QED) is 0.403. The number of aliphatic hydroxyl groups excluding tert-OH is 2. The first-order valence-electron chi connectivity index (χ1n) is 9.12. The third-order valence-corrected chi connectivity index (χ3v) is 4.29. The van der Waals surface area contributed by atoms with Gasteiger partial charge in [0.15, 0.2) is 0 Å². The predicted octanol–water partition coefficient (Wildman–Crippen LogP) is 3.46. The Hall–Kier alpha value is -1.08. The van der Waals surface area contributed by atoms with Crippen LogP contribution in [0.2, 0.25) is 0 Å². The predicted molar refractivity (Wildman–Crippen MR) is 96.9 cm³/mol. The van der Waals surface area contributed by atoms with Crippen LogP contribution >= 0.6 is 0 Å². The molecule has 0 spiro atoms. The molecule has 1 aliphatic carbocycles. The highest BCUT2D eigenvalue weighted by molar-refractivity contribution is 5.43. The standard InChI is InChI=1S/C20H33NO2/c1-2-3-4-5-6-7-8-9-10-11-12-17-13-14-18(15-17)20(23)19(21)16-22/h13-14,19-20,22-23H,2-10,15-16,21H2,1H3/t19-,20+/m0/s1. The van der Waals surface area contributed by atoms with E-state index in [1.807, 2.05) is 12.2 Å². The number of rotatable bonds is 11. The molecule has 0 bridgehead atoms. The van der Waals surface area contributed by atoms with Gasteiger partial charge in [-0.3, -0.25) is 0 Å². The van der Waals surface area contributed by atoms with E-state index in [1.165, 1.54) is 51.4 Å². The summed E-state index contributed by atoms with van der Waals surface area (Å²) in [5, 5.41) is 18.9. The van der Waals surface area contributed by atoms with Gasteiger partial charge >= 0.3 is 0 Å². The first kappa shape index (κ1) is 20.0. The van der Waals surface area contributed by atoms with Gasteiger partial charge in [0.25, 0.3) is 0 Å². The summed E-state index contributed by atoms with van der Waals surface area (Å²) in [6.45, 7) is 2.04. The zero-order valence-corrected chi connectivity index (χ0v) is 14.6. The lowest BCUT2D eigenvalue weighted by atomic mass is 10.0. The molecular weight excluding hydrogens is 286 g/mol. The van der Waals surface area contributed by atoms with E-state index in [9.17, 15) is 5.11 Å². The fraction of sp³-hybridized carbons (Fsp3) is 0.700. The van der Waals surface area contributed by atoms with Gasteiger partial charge in [0.1, 0.15) is 0 Å². The lowest BCUT2D eigenvalue weighted by Gasteiger charge is -2.17. The van der Waals surface area contributed by atoms with Crippen molar-refractivity contribution in [3.8, 4) is 11.8 Å². The second-order valence-electron chi connectivity index (χ2n) is 6.43. The molecular formula is C20H33NO2. The Labute approximate surface area is 141 Å². The van der Waals surface area contributed by atoms with E-state index in [4.69, 9.17) is 10.8 Å². The van der Waals surface area contributed by atoms with Gasteiger partial charge in [-0.05, 0) is 12.0 Å². The number of aliphatic hydroxyl groups is 2. The molecule has 0 fully saturated rings. The molecule has 23 heavy (non-hydrogen) atoms. The minimum absolute atomic E-state index is 0.210. The van der Waals surface area contributed by atoms with Crippen LogP contribution in [0.4, 0.5) is 0 Å². The van der Waals surface area contributed by atoms with Gasteiger partial charge in [0.05, 0.1) is 18.8 Å². The van der Waals surface area contributed by atoms with Crippen molar-refractivity contribution in [1.82, 2.24) is 0 Å². The summed E-state index contributed by atoms with van der Waals surface area (Å²) in [5.74, 6) is 6.41. The van der Waals surface area contributed by atoms with Crippen molar-refractivity contribution in [3.05, 3.63) is 23.3 Å². The maximum absolute atomic E-state index is 9.95. The summed E-state index contributed by atoms with van der Waals surface area (Å²) < 4.78 is 0. The molecule has 130 valence electrons. The van der Waals surface area contributed by atoms with Gasteiger partial charge in [0.2, 0.25) is 0 Å². The van der Waals surface area contributed by atoms with E-state index in [0.717, 1.165) is 17.6 Å². The molecule has 0 aromatic rings. The molecule has 0 radical (unpaired) electrons. The Morgan fingerprint density at radius 2 is 1.74 bits per heavy atom. The molecule has 3 nitrogen and oxygen atoms in total. The van der Waals surface area contributed by atoms with E-state index < -0.39 is 12.1 Å². The minimum Gasteiger partial charge on any atom is -0.395 e. The molecule has 4 N–H and O–H groups in total. The topological polar surface area (TPSA) is 66.5 Å². The molecule has 0 saturated heterocycles. The normalized spacial score (nSPS) is 16.3. The number of hydrogen-bond acceptors (Lipinski definition) is 3. The molecule has 0 aromatic carbocycles. The molecule has 0 amide bonds. The fourth-order valence-electron chi connectivity index (χ4n) is 2.73. The molecule has 1 aliphatic rings. The summed E-state index contributed by atoms with van der Waals surface area (Å²) in [4.78, 5) is 0. The third kappa shape index (κ3) is 8.37. The zero-order chi connectivity index (χ0) is 16.9. The van der Waals surface area contributed by atoms with Crippen LogP contribution in [0.5, 0.6) is 0 Å². The van der Waals surface area contributed by atoms with E-state index in [-0.39, 0.29) is 6.61 Å². The van der Waals surface area contributed by atoms with Crippen molar-refractivity contribution in [3.63, 3.8) is 0 Å².